The van der Waals surface area contributed by atoms with Crippen molar-refractivity contribution in [3.8, 4) is 0 Å². The summed E-state index contributed by atoms with van der Waals surface area (Å²) in [7, 11) is 0. The lowest BCUT2D eigenvalue weighted by atomic mass is 9.82. The third-order valence-electron chi connectivity index (χ3n) is 9.02. The second-order valence-electron chi connectivity index (χ2n) is 12.1. The molecular weight excluding hydrogens is 647 g/mol. The van der Waals surface area contributed by atoms with Gasteiger partial charge in [0.25, 0.3) is 0 Å². The minimum absolute atomic E-state index is 0.329. The van der Waals surface area contributed by atoms with Crippen molar-refractivity contribution in [3.63, 3.8) is 0 Å². The zero-order valence-electron chi connectivity index (χ0n) is 25.7. The second kappa shape index (κ2) is 14.1. The molecule has 0 N–H and O–H groups in total. The SMILES string of the molecule is CC(CCl)(C(=S)OCCN1CCN(CCCN2c3ccccc3Sc3ccc(C(F)(F)F)cc32)CC1)c1cccc2ccccc12. The fourth-order valence-electron chi connectivity index (χ4n) is 6.31. The first-order valence-electron chi connectivity index (χ1n) is 15.6. The van der Waals surface area contributed by atoms with Crippen LogP contribution in [-0.4, -0.2) is 73.2 Å². The molecule has 0 bridgehead atoms. The van der Waals surface area contributed by atoms with Gasteiger partial charge in [-0.25, -0.2) is 0 Å². The molecule has 4 aromatic carbocycles. The number of fused-ring (bicyclic) bond motifs is 3. The van der Waals surface area contributed by atoms with Gasteiger partial charge < -0.3 is 14.5 Å². The number of para-hydroxylation sites is 1. The van der Waals surface area contributed by atoms with Gasteiger partial charge in [0.15, 0.2) is 5.05 Å². The second-order valence-corrected chi connectivity index (χ2v) is 13.8. The van der Waals surface area contributed by atoms with Crippen LogP contribution in [0.5, 0.6) is 0 Å². The predicted octanol–water partition coefficient (Wildman–Crippen LogP) is 9.01. The normalized spacial score (nSPS) is 16.9. The molecule has 242 valence electrons. The van der Waals surface area contributed by atoms with Gasteiger partial charge in [0.2, 0.25) is 0 Å². The molecule has 1 saturated heterocycles. The van der Waals surface area contributed by atoms with Crippen molar-refractivity contribution < 1.29 is 17.9 Å². The Kier molecular flexibility index (Phi) is 10.2. The number of rotatable bonds is 10. The highest BCUT2D eigenvalue weighted by molar-refractivity contribution is 7.99. The van der Waals surface area contributed by atoms with Crippen molar-refractivity contribution in [2.75, 3.05) is 63.2 Å². The topological polar surface area (TPSA) is 19.0 Å². The van der Waals surface area contributed by atoms with E-state index in [1.165, 1.54) is 23.9 Å². The van der Waals surface area contributed by atoms with Crippen molar-refractivity contribution in [1.82, 2.24) is 9.80 Å². The van der Waals surface area contributed by atoms with Gasteiger partial charge in [-0.05, 0) is 78.8 Å². The van der Waals surface area contributed by atoms with Gasteiger partial charge in [-0.3, -0.25) is 4.90 Å². The third kappa shape index (κ3) is 7.04. The Morgan fingerprint density at radius 1 is 0.826 bits per heavy atom. The summed E-state index contributed by atoms with van der Waals surface area (Å²) in [6, 6.07) is 26.5. The van der Waals surface area contributed by atoms with Gasteiger partial charge in [-0.15, -0.1) is 11.6 Å². The van der Waals surface area contributed by atoms with Crippen LogP contribution in [0, 0.1) is 0 Å². The zero-order valence-corrected chi connectivity index (χ0v) is 28.1. The Hall–Kier alpha value is -2.82. The maximum Gasteiger partial charge on any atom is 0.416 e. The Morgan fingerprint density at radius 2 is 1.50 bits per heavy atom. The lowest BCUT2D eigenvalue weighted by Crippen LogP contribution is -2.48. The molecule has 2 aliphatic heterocycles. The minimum Gasteiger partial charge on any atom is -0.485 e. The molecule has 0 aromatic heterocycles. The summed E-state index contributed by atoms with van der Waals surface area (Å²) in [4.78, 5) is 8.80. The number of benzene rings is 4. The molecule has 2 aliphatic rings. The van der Waals surface area contributed by atoms with Crippen LogP contribution in [0.1, 0.15) is 24.5 Å². The summed E-state index contributed by atoms with van der Waals surface area (Å²) in [6.45, 7) is 8.58. The molecular formula is C36H37ClF3N3OS2. The van der Waals surface area contributed by atoms with Crippen LogP contribution in [0.3, 0.4) is 0 Å². The van der Waals surface area contributed by atoms with E-state index in [1.807, 2.05) is 42.5 Å². The highest BCUT2D eigenvalue weighted by Crippen LogP contribution is 2.49. The summed E-state index contributed by atoms with van der Waals surface area (Å²) in [6.07, 6.45) is -3.53. The molecule has 4 aromatic rings. The van der Waals surface area contributed by atoms with Crippen molar-refractivity contribution in [2.24, 2.45) is 0 Å². The quantitative estimate of drug-likeness (QED) is 0.122. The molecule has 1 fully saturated rings. The standard InChI is InChI=1S/C36H37ClF3N3OS2/c1-35(25-37,29-11-6-9-26-8-2-3-10-28(26)29)34(45)44-23-22-42-20-18-41(19-21-42)16-7-17-43-30-12-4-5-13-32(30)46-33-15-14-27(24-31(33)43)36(38,39)40/h2-6,8-15,24H,7,16-23,25H2,1H3. The van der Waals surface area contributed by atoms with Gasteiger partial charge in [-0.2, -0.15) is 13.2 Å². The molecule has 46 heavy (non-hydrogen) atoms. The molecule has 6 rings (SSSR count). The molecule has 0 aliphatic carbocycles. The molecule has 0 spiro atoms. The lowest BCUT2D eigenvalue weighted by Gasteiger charge is -2.36. The minimum atomic E-state index is -4.38. The van der Waals surface area contributed by atoms with Gasteiger partial charge in [0.05, 0.1) is 22.4 Å². The van der Waals surface area contributed by atoms with Crippen LogP contribution >= 0.6 is 35.6 Å². The molecule has 1 atom stereocenters. The highest BCUT2D eigenvalue weighted by atomic mass is 35.5. The average molecular weight is 684 g/mol. The molecule has 0 amide bonds. The molecule has 1 unspecified atom stereocenters. The van der Waals surface area contributed by atoms with E-state index in [-0.39, 0.29) is 0 Å². The number of halogens is 4. The number of nitrogens with zero attached hydrogens (tertiary/aromatic N) is 3. The van der Waals surface area contributed by atoms with Gasteiger partial charge >= 0.3 is 6.18 Å². The summed E-state index contributed by atoms with van der Waals surface area (Å²) in [5, 5.41) is 2.80. The van der Waals surface area contributed by atoms with Crippen molar-refractivity contribution >= 4 is 62.8 Å². The van der Waals surface area contributed by atoms with Crippen molar-refractivity contribution in [3.05, 3.63) is 96.1 Å². The maximum absolute atomic E-state index is 13.6. The van der Waals surface area contributed by atoms with E-state index in [0.29, 0.717) is 29.8 Å². The summed E-state index contributed by atoms with van der Waals surface area (Å²) < 4.78 is 46.8. The Bertz CT molecular complexity index is 1690. The smallest absolute Gasteiger partial charge is 0.416 e. The highest BCUT2D eigenvalue weighted by Gasteiger charge is 2.35. The Balaban J connectivity index is 0.994. The Labute approximate surface area is 283 Å². The molecule has 0 radical (unpaired) electrons. The van der Waals surface area contributed by atoms with E-state index in [0.717, 1.165) is 77.5 Å². The summed E-state index contributed by atoms with van der Waals surface area (Å²) >= 11 is 13.8. The number of ether oxygens (including phenoxy) is 1. The zero-order chi connectivity index (χ0) is 32.3. The van der Waals surface area contributed by atoms with E-state index >= 15 is 0 Å². The molecule has 0 saturated carbocycles. The van der Waals surface area contributed by atoms with E-state index in [2.05, 4.69) is 45.9 Å². The van der Waals surface area contributed by atoms with Crippen LogP contribution in [0.2, 0.25) is 0 Å². The summed E-state index contributed by atoms with van der Waals surface area (Å²) in [5.74, 6) is 0.329. The first-order valence-corrected chi connectivity index (χ1v) is 17.3. The fourth-order valence-corrected chi connectivity index (χ4v) is 7.99. The fraction of sp³-hybridized carbons (Fsp3) is 0.361. The number of alkyl halides is 4. The Morgan fingerprint density at radius 3 is 2.26 bits per heavy atom. The van der Waals surface area contributed by atoms with Crippen LogP contribution < -0.4 is 4.90 Å². The largest absolute Gasteiger partial charge is 0.485 e. The first-order chi connectivity index (χ1) is 22.2. The van der Waals surface area contributed by atoms with Gasteiger partial charge in [0.1, 0.15) is 6.61 Å². The van der Waals surface area contributed by atoms with Gasteiger partial charge in [0, 0.05) is 54.9 Å². The van der Waals surface area contributed by atoms with Crippen molar-refractivity contribution in [1.29, 1.82) is 0 Å². The summed E-state index contributed by atoms with van der Waals surface area (Å²) in [5.41, 5.74) is 1.48. The predicted molar refractivity (Wildman–Crippen MR) is 187 cm³/mol. The molecule has 2 heterocycles. The monoisotopic (exact) mass is 683 g/mol. The number of hydrogen-bond donors (Lipinski definition) is 0. The maximum atomic E-state index is 13.6. The average Bonchev–Trinajstić information content (AvgIpc) is 3.07. The lowest BCUT2D eigenvalue weighted by molar-refractivity contribution is -0.137. The van der Waals surface area contributed by atoms with E-state index in [1.54, 1.807) is 6.07 Å². The van der Waals surface area contributed by atoms with Crippen LogP contribution in [0.4, 0.5) is 24.5 Å². The van der Waals surface area contributed by atoms with E-state index < -0.39 is 17.2 Å². The van der Waals surface area contributed by atoms with E-state index in [4.69, 9.17) is 28.6 Å². The number of hydrogen-bond acceptors (Lipinski definition) is 6. The van der Waals surface area contributed by atoms with Crippen LogP contribution in [0.25, 0.3) is 10.8 Å². The third-order valence-corrected chi connectivity index (χ3v) is 11.2. The molecule has 10 heteroatoms. The van der Waals surface area contributed by atoms with Crippen molar-refractivity contribution in [2.45, 2.75) is 34.7 Å². The van der Waals surface area contributed by atoms with E-state index in [9.17, 15) is 13.2 Å². The van der Waals surface area contributed by atoms with Gasteiger partial charge in [-0.1, -0.05) is 66.4 Å². The number of thiocarbonyl (C=S) groups is 1. The van der Waals surface area contributed by atoms with Crippen LogP contribution in [-0.2, 0) is 16.3 Å². The number of piperazine rings is 1. The number of anilines is 2. The van der Waals surface area contributed by atoms with Crippen LogP contribution in [0.15, 0.2) is 94.7 Å². The first kappa shape index (κ1) is 33.1. The molecule has 4 nitrogen and oxygen atoms in total.